The SMILES string of the molecule is O=C(Cn1cnc(-c2ccccc2)cc1=O)NCCc1ccc(F)cc1. The normalized spacial score (nSPS) is 10.5. The van der Waals surface area contributed by atoms with E-state index >= 15 is 0 Å². The highest BCUT2D eigenvalue weighted by Crippen LogP contribution is 2.13. The largest absolute Gasteiger partial charge is 0.354 e. The van der Waals surface area contributed by atoms with Gasteiger partial charge >= 0.3 is 0 Å². The number of hydrogen-bond donors (Lipinski definition) is 1. The predicted molar refractivity (Wildman–Crippen MR) is 97.0 cm³/mol. The lowest BCUT2D eigenvalue weighted by molar-refractivity contribution is -0.121. The molecule has 1 aromatic heterocycles. The maximum atomic E-state index is 12.8. The summed E-state index contributed by atoms with van der Waals surface area (Å²) >= 11 is 0. The first-order valence-electron chi connectivity index (χ1n) is 8.25. The zero-order valence-corrected chi connectivity index (χ0v) is 14.1. The second-order valence-corrected chi connectivity index (χ2v) is 5.83. The number of hydrogen-bond acceptors (Lipinski definition) is 3. The van der Waals surface area contributed by atoms with Crippen LogP contribution >= 0.6 is 0 Å². The molecule has 5 nitrogen and oxygen atoms in total. The highest BCUT2D eigenvalue weighted by atomic mass is 19.1. The van der Waals surface area contributed by atoms with Crippen LogP contribution in [0.3, 0.4) is 0 Å². The number of rotatable bonds is 6. The molecule has 1 amide bonds. The summed E-state index contributed by atoms with van der Waals surface area (Å²) in [6.07, 6.45) is 1.97. The highest BCUT2D eigenvalue weighted by molar-refractivity contribution is 5.75. The topological polar surface area (TPSA) is 64.0 Å². The number of nitrogens with zero attached hydrogens (tertiary/aromatic N) is 2. The van der Waals surface area contributed by atoms with Gasteiger partial charge in [0.2, 0.25) is 5.91 Å². The number of benzene rings is 2. The molecule has 0 spiro atoms. The van der Waals surface area contributed by atoms with Gasteiger partial charge in [-0.2, -0.15) is 0 Å². The third kappa shape index (κ3) is 4.63. The fourth-order valence-corrected chi connectivity index (χ4v) is 2.52. The molecule has 0 aliphatic rings. The van der Waals surface area contributed by atoms with Gasteiger partial charge in [-0.25, -0.2) is 9.37 Å². The van der Waals surface area contributed by atoms with Crippen LogP contribution in [0.2, 0.25) is 0 Å². The molecule has 0 unspecified atom stereocenters. The fraction of sp³-hybridized carbons (Fsp3) is 0.150. The van der Waals surface area contributed by atoms with Crippen LogP contribution in [0.15, 0.2) is 71.8 Å². The van der Waals surface area contributed by atoms with Gasteiger partial charge in [0.05, 0.1) is 12.0 Å². The number of carbonyl (C=O) groups excluding carboxylic acids is 1. The minimum absolute atomic E-state index is 0.0929. The zero-order valence-electron chi connectivity index (χ0n) is 14.1. The maximum absolute atomic E-state index is 12.8. The average Bonchev–Trinajstić information content (AvgIpc) is 2.66. The minimum Gasteiger partial charge on any atom is -0.354 e. The van der Waals surface area contributed by atoms with Gasteiger partial charge in [-0.15, -0.1) is 0 Å². The number of nitrogens with one attached hydrogen (secondary N) is 1. The van der Waals surface area contributed by atoms with Crippen molar-refractivity contribution in [3.63, 3.8) is 0 Å². The molecule has 0 saturated carbocycles. The lowest BCUT2D eigenvalue weighted by Crippen LogP contribution is -2.33. The molecule has 3 aromatic rings. The first-order chi connectivity index (χ1) is 12.6. The monoisotopic (exact) mass is 351 g/mol. The van der Waals surface area contributed by atoms with Crippen LogP contribution in [0.25, 0.3) is 11.3 Å². The van der Waals surface area contributed by atoms with Crippen LogP contribution in [0.1, 0.15) is 5.56 Å². The summed E-state index contributed by atoms with van der Waals surface area (Å²) in [6.45, 7) is 0.319. The summed E-state index contributed by atoms with van der Waals surface area (Å²) in [5, 5.41) is 2.75. The third-order valence-electron chi connectivity index (χ3n) is 3.91. The van der Waals surface area contributed by atoms with Crippen LogP contribution in [-0.2, 0) is 17.8 Å². The van der Waals surface area contributed by atoms with Crippen molar-refractivity contribution in [1.82, 2.24) is 14.9 Å². The number of amides is 1. The minimum atomic E-state index is -0.288. The van der Waals surface area contributed by atoms with Gasteiger partial charge < -0.3 is 5.32 Å². The summed E-state index contributed by atoms with van der Waals surface area (Å²) in [5.41, 5.74) is 2.06. The van der Waals surface area contributed by atoms with Crippen LogP contribution in [0, 0.1) is 5.82 Å². The molecule has 0 bridgehead atoms. The first kappa shape index (κ1) is 17.5. The van der Waals surface area contributed by atoms with Crippen molar-refractivity contribution in [1.29, 1.82) is 0 Å². The summed E-state index contributed by atoms with van der Waals surface area (Å²) in [4.78, 5) is 28.4. The Labute approximate surface area is 150 Å². The molecule has 26 heavy (non-hydrogen) atoms. The van der Waals surface area contributed by atoms with E-state index in [2.05, 4.69) is 10.3 Å². The van der Waals surface area contributed by atoms with E-state index in [9.17, 15) is 14.0 Å². The molecule has 0 atom stereocenters. The van der Waals surface area contributed by atoms with Gasteiger partial charge in [0.15, 0.2) is 0 Å². The maximum Gasteiger partial charge on any atom is 0.254 e. The average molecular weight is 351 g/mol. The van der Waals surface area contributed by atoms with Crippen LogP contribution in [0.5, 0.6) is 0 Å². The number of aromatic nitrogens is 2. The summed E-state index contributed by atoms with van der Waals surface area (Å²) in [5.74, 6) is -0.563. The smallest absolute Gasteiger partial charge is 0.254 e. The summed E-state index contributed by atoms with van der Waals surface area (Å²) in [6, 6.07) is 16.9. The molecule has 132 valence electrons. The van der Waals surface area contributed by atoms with Gasteiger partial charge in [0, 0.05) is 18.2 Å². The molecule has 3 rings (SSSR count). The Morgan fingerprint density at radius 1 is 1.08 bits per heavy atom. The molecule has 6 heteroatoms. The zero-order chi connectivity index (χ0) is 18.4. The van der Waals surface area contributed by atoms with Crippen LogP contribution in [0.4, 0.5) is 4.39 Å². The van der Waals surface area contributed by atoms with Crippen molar-refractivity contribution in [2.24, 2.45) is 0 Å². The fourth-order valence-electron chi connectivity index (χ4n) is 2.52. The molecular formula is C20H18FN3O2. The Balaban J connectivity index is 1.55. The van der Waals surface area contributed by atoms with Crippen molar-refractivity contribution in [2.45, 2.75) is 13.0 Å². The van der Waals surface area contributed by atoms with E-state index in [1.807, 2.05) is 30.3 Å². The molecule has 1 heterocycles. The molecule has 0 aliphatic carbocycles. The predicted octanol–water partition coefficient (Wildman–Crippen LogP) is 2.41. The van der Waals surface area contributed by atoms with Crippen molar-refractivity contribution in [2.75, 3.05) is 6.54 Å². The molecule has 0 radical (unpaired) electrons. The van der Waals surface area contributed by atoms with E-state index in [4.69, 9.17) is 0 Å². The van der Waals surface area contributed by atoms with Crippen LogP contribution < -0.4 is 10.9 Å². The first-order valence-corrected chi connectivity index (χ1v) is 8.25. The molecule has 0 aliphatic heterocycles. The third-order valence-corrected chi connectivity index (χ3v) is 3.91. The van der Waals surface area contributed by atoms with Crippen LogP contribution in [-0.4, -0.2) is 22.0 Å². The highest BCUT2D eigenvalue weighted by Gasteiger charge is 2.07. The van der Waals surface area contributed by atoms with E-state index < -0.39 is 0 Å². The number of halogens is 1. The van der Waals surface area contributed by atoms with E-state index in [1.165, 1.54) is 29.1 Å². The van der Waals surface area contributed by atoms with Crippen molar-refractivity contribution in [3.8, 4) is 11.3 Å². The standard InChI is InChI=1S/C20H18FN3O2/c21-17-8-6-15(7-9-17)10-11-22-19(25)13-24-14-23-18(12-20(24)26)16-4-2-1-3-5-16/h1-9,12,14H,10-11,13H2,(H,22,25). The number of carbonyl (C=O) groups is 1. The summed E-state index contributed by atoms with van der Waals surface area (Å²) in [7, 11) is 0. The Hall–Kier alpha value is -3.28. The van der Waals surface area contributed by atoms with Gasteiger partial charge in [-0.1, -0.05) is 42.5 Å². The van der Waals surface area contributed by atoms with E-state index in [0.717, 1.165) is 11.1 Å². The quantitative estimate of drug-likeness (QED) is 0.742. The second-order valence-electron chi connectivity index (χ2n) is 5.83. The Bertz CT molecular complexity index is 937. The van der Waals surface area contributed by atoms with Gasteiger partial charge in [-0.05, 0) is 24.1 Å². The molecule has 0 fully saturated rings. The van der Waals surface area contributed by atoms with E-state index in [0.29, 0.717) is 18.7 Å². The lowest BCUT2D eigenvalue weighted by Gasteiger charge is -2.08. The Morgan fingerprint density at radius 3 is 2.50 bits per heavy atom. The summed E-state index contributed by atoms with van der Waals surface area (Å²) < 4.78 is 14.1. The Morgan fingerprint density at radius 2 is 1.81 bits per heavy atom. The van der Waals surface area contributed by atoms with Gasteiger partial charge in [-0.3, -0.25) is 14.2 Å². The van der Waals surface area contributed by atoms with Crippen molar-refractivity contribution >= 4 is 5.91 Å². The molecule has 0 saturated heterocycles. The van der Waals surface area contributed by atoms with Gasteiger partial charge in [0.25, 0.3) is 5.56 Å². The second kappa shape index (κ2) is 8.20. The molecule has 2 aromatic carbocycles. The lowest BCUT2D eigenvalue weighted by atomic mass is 10.1. The molecule has 1 N–H and O–H groups in total. The van der Waals surface area contributed by atoms with Crippen molar-refractivity contribution in [3.05, 3.63) is 88.7 Å². The van der Waals surface area contributed by atoms with E-state index in [-0.39, 0.29) is 23.8 Å². The van der Waals surface area contributed by atoms with E-state index in [1.54, 1.807) is 12.1 Å². The Kier molecular flexibility index (Phi) is 5.53. The van der Waals surface area contributed by atoms with Gasteiger partial charge in [0.1, 0.15) is 12.4 Å². The van der Waals surface area contributed by atoms with Crippen molar-refractivity contribution < 1.29 is 9.18 Å². The molecular weight excluding hydrogens is 333 g/mol.